The standard InChI is InChI=1S/C50H39N/c1-49(2)45-27-33(39-17-9-13-31-11-5-7-15-37(31)39)19-23-41(45)43-25-21-35(29-47(43)49)51-36-22-26-44-42-24-20-34(28-46(42)50(3,4)48(44)30-36)40-18-10-14-32-12-6-8-16-38(32)40/h5-30,51H,1-4H3. The summed E-state index contributed by atoms with van der Waals surface area (Å²) in [6, 6.07) is 58.6. The van der Waals surface area contributed by atoms with Crippen LogP contribution in [0, 0.1) is 0 Å². The van der Waals surface area contributed by atoms with Crippen LogP contribution >= 0.6 is 0 Å². The molecule has 244 valence electrons. The van der Waals surface area contributed by atoms with Crippen LogP contribution in [-0.2, 0) is 10.8 Å². The molecule has 2 aliphatic rings. The van der Waals surface area contributed by atoms with Crippen LogP contribution in [0.25, 0.3) is 66.1 Å². The van der Waals surface area contributed by atoms with E-state index in [0.717, 1.165) is 11.4 Å². The van der Waals surface area contributed by atoms with Gasteiger partial charge in [0, 0.05) is 22.2 Å². The minimum absolute atomic E-state index is 0.119. The predicted molar refractivity (Wildman–Crippen MR) is 217 cm³/mol. The molecule has 2 aliphatic carbocycles. The van der Waals surface area contributed by atoms with Crippen LogP contribution in [0.5, 0.6) is 0 Å². The van der Waals surface area contributed by atoms with Crippen molar-refractivity contribution in [3.05, 3.63) is 180 Å². The van der Waals surface area contributed by atoms with E-state index in [1.54, 1.807) is 0 Å². The zero-order chi connectivity index (χ0) is 34.5. The van der Waals surface area contributed by atoms with Gasteiger partial charge in [-0.25, -0.2) is 0 Å². The lowest BCUT2D eigenvalue weighted by Gasteiger charge is -2.24. The number of benzene rings is 8. The van der Waals surface area contributed by atoms with E-state index in [0.29, 0.717) is 0 Å². The van der Waals surface area contributed by atoms with Gasteiger partial charge in [-0.2, -0.15) is 0 Å². The average Bonchev–Trinajstić information content (AvgIpc) is 3.52. The zero-order valence-corrected chi connectivity index (χ0v) is 29.5. The van der Waals surface area contributed by atoms with Crippen LogP contribution in [0.3, 0.4) is 0 Å². The summed E-state index contributed by atoms with van der Waals surface area (Å²) < 4.78 is 0. The molecule has 0 heterocycles. The first kappa shape index (κ1) is 29.9. The molecular formula is C50H39N. The van der Waals surface area contributed by atoms with E-state index in [2.05, 4.69) is 191 Å². The summed E-state index contributed by atoms with van der Waals surface area (Å²) in [5, 5.41) is 8.95. The Morgan fingerprint density at radius 2 is 0.706 bits per heavy atom. The highest BCUT2D eigenvalue weighted by Crippen LogP contribution is 2.53. The average molecular weight is 654 g/mol. The third kappa shape index (κ3) is 4.47. The SMILES string of the molecule is CC1(C)c2cc(Nc3ccc4c(c3)C(C)(C)c3cc(-c5cccc6ccccc56)ccc3-4)ccc2-c2ccc(-c3cccc4ccccc34)cc21. The maximum atomic E-state index is 3.81. The Morgan fingerprint density at radius 3 is 1.16 bits per heavy atom. The molecule has 0 atom stereocenters. The first-order valence-corrected chi connectivity index (χ1v) is 18.1. The fourth-order valence-electron chi connectivity index (χ4n) is 9.09. The normalized spacial score (nSPS) is 14.6. The van der Waals surface area contributed by atoms with Gasteiger partial charge in [-0.3, -0.25) is 0 Å². The van der Waals surface area contributed by atoms with Crippen LogP contribution in [-0.4, -0.2) is 0 Å². The molecule has 10 rings (SSSR count). The van der Waals surface area contributed by atoms with Crippen LogP contribution in [0.15, 0.2) is 158 Å². The molecule has 0 bridgehead atoms. The first-order chi connectivity index (χ1) is 24.8. The van der Waals surface area contributed by atoms with Crippen molar-refractivity contribution in [2.45, 2.75) is 38.5 Å². The van der Waals surface area contributed by atoms with E-state index in [1.165, 1.54) is 88.3 Å². The van der Waals surface area contributed by atoms with Crippen LogP contribution < -0.4 is 5.32 Å². The second kappa shape index (κ2) is 10.8. The molecule has 0 amide bonds. The Hall–Kier alpha value is -5.92. The van der Waals surface area contributed by atoms with Crippen molar-refractivity contribution in [1.29, 1.82) is 0 Å². The molecule has 1 nitrogen and oxygen atoms in total. The van der Waals surface area contributed by atoms with E-state index < -0.39 is 0 Å². The molecule has 0 spiro atoms. The molecule has 0 aliphatic heterocycles. The lowest BCUT2D eigenvalue weighted by atomic mass is 9.81. The number of fused-ring (bicyclic) bond motifs is 8. The molecule has 0 aromatic heterocycles. The molecule has 0 unspecified atom stereocenters. The third-order valence-electron chi connectivity index (χ3n) is 11.8. The van der Waals surface area contributed by atoms with E-state index >= 15 is 0 Å². The van der Waals surface area contributed by atoms with E-state index in [1.807, 2.05) is 0 Å². The fourth-order valence-corrected chi connectivity index (χ4v) is 9.09. The van der Waals surface area contributed by atoms with Crippen molar-refractivity contribution in [1.82, 2.24) is 0 Å². The van der Waals surface area contributed by atoms with Crippen LogP contribution in [0.1, 0.15) is 49.9 Å². The molecule has 8 aromatic rings. The molecule has 0 fully saturated rings. The molecule has 0 saturated heterocycles. The second-order valence-corrected chi connectivity index (χ2v) is 15.5. The van der Waals surface area contributed by atoms with Gasteiger partial charge in [0.2, 0.25) is 0 Å². The van der Waals surface area contributed by atoms with Gasteiger partial charge in [0.15, 0.2) is 0 Å². The van der Waals surface area contributed by atoms with Crippen LogP contribution in [0.4, 0.5) is 11.4 Å². The Balaban J connectivity index is 0.967. The maximum absolute atomic E-state index is 3.81. The van der Waals surface area contributed by atoms with Crippen molar-refractivity contribution in [3.8, 4) is 44.5 Å². The van der Waals surface area contributed by atoms with Gasteiger partial charge in [0.1, 0.15) is 0 Å². The lowest BCUT2D eigenvalue weighted by Crippen LogP contribution is -2.15. The summed E-state index contributed by atoms with van der Waals surface area (Å²) in [6.45, 7) is 9.48. The van der Waals surface area contributed by atoms with Crippen molar-refractivity contribution >= 4 is 32.9 Å². The minimum Gasteiger partial charge on any atom is -0.356 e. The van der Waals surface area contributed by atoms with Crippen LogP contribution in [0.2, 0.25) is 0 Å². The highest BCUT2D eigenvalue weighted by molar-refractivity contribution is 5.99. The predicted octanol–water partition coefficient (Wildman–Crippen LogP) is 13.7. The quantitative estimate of drug-likeness (QED) is 0.199. The molecule has 0 saturated carbocycles. The fraction of sp³-hybridized carbons (Fsp3) is 0.120. The third-order valence-corrected chi connectivity index (χ3v) is 11.8. The highest BCUT2D eigenvalue weighted by atomic mass is 14.9. The summed E-state index contributed by atoms with van der Waals surface area (Å²) in [7, 11) is 0. The zero-order valence-electron chi connectivity index (χ0n) is 29.5. The molecule has 51 heavy (non-hydrogen) atoms. The van der Waals surface area contributed by atoms with Crippen molar-refractivity contribution in [2.75, 3.05) is 5.32 Å². The van der Waals surface area contributed by atoms with E-state index in [4.69, 9.17) is 0 Å². The van der Waals surface area contributed by atoms with Gasteiger partial charge in [-0.05, 0) is 125 Å². The summed E-state index contributed by atoms with van der Waals surface area (Å²) in [6.07, 6.45) is 0. The number of rotatable bonds is 4. The molecule has 8 aromatic carbocycles. The highest BCUT2D eigenvalue weighted by Gasteiger charge is 2.37. The van der Waals surface area contributed by atoms with Gasteiger partial charge in [0.25, 0.3) is 0 Å². The van der Waals surface area contributed by atoms with Crippen molar-refractivity contribution < 1.29 is 0 Å². The molecule has 0 radical (unpaired) electrons. The lowest BCUT2D eigenvalue weighted by molar-refractivity contribution is 0.660. The minimum atomic E-state index is -0.119. The first-order valence-electron chi connectivity index (χ1n) is 18.1. The monoisotopic (exact) mass is 653 g/mol. The Kier molecular flexibility index (Phi) is 6.34. The van der Waals surface area contributed by atoms with Gasteiger partial charge in [-0.1, -0.05) is 149 Å². The van der Waals surface area contributed by atoms with Crippen molar-refractivity contribution in [2.24, 2.45) is 0 Å². The number of anilines is 2. The number of hydrogen-bond donors (Lipinski definition) is 1. The van der Waals surface area contributed by atoms with Crippen molar-refractivity contribution in [3.63, 3.8) is 0 Å². The van der Waals surface area contributed by atoms with E-state index in [-0.39, 0.29) is 10.8 Å². The molecule has 1 N–H and O–H groups in total. The van der Waals surface area contributed by atoms with Gasteiger partial charge < -0.3 is 5.32 Å². The van der Waals surface area contributed by atoms with Gasteiger partial charge in [0.05, 0.1) is 0 Å². The summed E-state index contributed by atoms with van der Waals surface area (Å²) in [5.41, 5.74) is 18.0. The number of hydrogen-bond acceptors (Lipinski definition) is 1. The largest absolute Gasteiger partial charge is 0.356 e. The topological polar surface area (TPSA) is 12.0 Å². The maximum Gasteiger partial charge on any atom is 0.0387 e. The summed E-state index contributed by atoms with van der Waals surface area (Å²) >= 11 is 0. The van der Waals surface area contributed by atoms with E-state index in [9.17, 15) is 0 Å². The molecule has 1 heteroatoms. The molecular weight excluding hydrogens is 615 g/mol. The summed E-state index contributed by atoms with van der Waals surface area (Å²) in [5.74, 6) is 0. The Morgan fingerprint density at radius 1 is 0.333 bits per heavy atom. The smallest absolute Gasteiger partial charge is 0.0387 e. The Labute approximate surface area is 300 Å². The summed E-state index contributed by atoms with van der Waals surface area (Å²) in [4.78, 5) is 0. The van der Waals surface area contributed by atoms with Gasteiger partial charge >= 0.3 is 0 Å². The Bertz CT molecular complexity index is 2530. The number of nitrogens with one attached hydrogen (secondary N) is 1. The van der Waals surface area contributed by atoms with Gasteiger partial charge in [-0.15, -0.1) is 0 Å². The second-order valence-electron chi connectivity index (χ2n) is 15.5.